The van der Waals surface area contributed by atoms with E-state index in [2.05, 4.69) is 17.2 Å². The molecule has 0 fully saturated rings. The summed E-state index contributed by atoms with van der Waals surface area (Å²) < 4.78 is 0. The molecule has 5 nitrogen and oxygen atoms in total. The topological polar surface area (TPSA) is 68.1 Å². The minimum Gasteiger partial charge on any atom is -0.376 e. The molecule has 110 valence electrons. The maximum absolute atomic E-state index is 10.9. The minimum atomic E-state index is -0.385. The molecule has 2 rings (SSSR count). The van der Waals surface area contributed by atoms with Crippen LogP contribution in [-0.2, 0) is 0 Å². The van der Waals surface area contributed by atoms with Crippen LogP contribution in [0.25, 0.3) is 0 Å². The number of nitro groups is 1. The predicted octanol–water partition coefficient (Wildman–Crippen LogP) is 4.60. The van der Waals surface area contributed by atoms with Crippen molar-refractivity contribution >= 4 is 23.0 Å². The fraction of sp³-hybridized carbons (Fsp3) is 0.267. The monoisotopic (exact) mass is 305 g/mol. The molecule has 1 aromatic carbocycles. The van der Waals surface area contributed by atoms with Crippen molar-refractivity contribution in [3.05, 3.63) is 63.4 Å². The predicted molar refractivity (Wildman–Crippen MR) is 83.6 cm³/mol. The number of halogens is 1. The molecule has 0 aliphatic carbocycles. The molecule has 6 heteroatoms. The molecular weight excluding hydrogens is 290 g/mol. The Kier molecular flexibility index (Phi) is 5.11. The van der Waals surface area contributed by atoms with Gasteiger partial charge in [0.15, 0.2) is 0 Å². The number of hydrogen-bond acceptors (Lipinski definition) is 4. The van der Waals surface area contributed by atoms with Gasteiger partial charge in [-0.05, 0) is 18.1 Å². The first-order chi connectivity index (χ1) is 10.1. The molecule has 0 aliphatic rings. The molecule has 0 saturated carbocycles. The van der Waals surface area contributed by atoms with Crippen molar-refractivity contribution in [2.45, 2.75) is 25.8 Å². The Morgan fingerprint density at radius 1 is 1.43 bits per heavy atom. The van der Waals surface area contributed by atoms with Crippen LogP contribution in [0.4, 0.5) is 11.4 Å². The number of aromatic nitrogens is 1. The number of nitro benzene ring substituents is 1. The zero-order valence-electron chi connectivity index (χ0n) is 11.6. The molecule has 1 unspecified atom stereocenters. The Bertz CT molecular complexity index is 634. The number of hydrogen-bond donors (Lipinski definition) is 1. The first-order valence-electron chi connectivity index (χ1n) is 6.72. The van der Waals surface area contributed by atoms with Crippen LogP contribution in [-0.4, -0.2) is 9.91 Å². The van der Waals surface area contributed by atoms with Gasteiger partial charge in [0, 0.05) is 18.3 Å². The van der Waals surface area contributed by atoms with Gasteiger partial charge in [0.2, 0.25) is 0 Å². The number of nitrogens with zero attached hydrogens (tertiary/aromatic N) is 2. The Hall–Kier alpha value is -2.14. The van der Waals surface area contributed by atoms with Crippen LogP contribution in [0.5, 0.6) is 0 Å². The fourth-order valence-corrected chi connectivity index (χ4v) is 2.30. The van der Waals surface area contributed by atoms with Crippen molar-refractivity contribution in [1.82, 2.24) is 4.98 Å². The number of anilines is 1. The summed E-state index contributed by atoms with van der Waals surface area (Å²) >= 11 is 6.13. The molecule has 0 amide bonds. The van der Waals surface area contributed by atoms with Gasteiger partial charge in [0.1, 0.15) is 0 Å². The summed E-state index contributed by atoms with van der Waals surface area (Å²) in [4.78, 5) is 14.6. The average molecular weight is 306 g/mol. The van der Waals surface area contributed by atoms with Crippen molar-refractivity contribution in [3.8, 4) is 0 Å². The van der Waals surface area contributed by atoms with Crippen molar-refractivity contribution < 1.29 is 4.92 Å². The van der Waals surface area contributed by atoms with Gasteiger partial charge in [0.25, 0.3) is 5.69 Å². The van der Waals surface area contributed by atoms with E-state index in [9.17, 15) is 10.1 Å². The normalized spacial score (nSPS) is 11.9. The van der Waals surface area contributed by atoms with E-state index in [0.717, 1.165) is 24.1 Å². The van der Waals surface area contributed by atoms with Crippen molar-refractivity contribution in [2.75, 3.05) is 5.32 Å². The minimum absolute atomic E-state index is 0.0448. The highest BCUT2D eigenvalue weighted by molar-refractivity contribution is 6.33. The van der Waals surface area contributed by atoms with Gasteiger partial charge >= 0.3 is 0 Å². The van der Waals surface area contributed by atoms with E-state index in [1.54, 1.807) is 30.6 Å². The molecule has 0 saturated heterocycles. The summed E-state index contributed by atoms with van der Waals surface area (Å²) in [6.45, 7) is 2.07. The molecule has 1 atom stereocenters. The summed E-state index contributed by atoms with van der Waals surface area (Å²) in [5.74, 6) is 0. The molecule has 21 heavy (non-hydrogen) atoms. The maximum atomic E-state index is 10.9. The number of benzene rings is 1. The van der Waals surface area contributed by atoms with E-state index < -0.39 is 0 Å². The lowest BCUT2D eigenvalue weighted by Gasteiger charge is -2.20. The summed E-state index contributed by atoms with van der Waals surface area (Å²) in [5.41, 5.74) is 1.68. The van der Waals surface area contributed by atoms with Crippen molar-refractivity contribution in [1.29, 1.82) is 0 Å². The third-order valence-electron chi connectivity index (χ3n) is 3.16. The fourth-order valence-electron chi connectivity index (χ4n) is 2.14. The summed E-state index contributed by atoms with van der Waals surface area (Å²) in [6.07, 6.45) is 5.06. The van der Waals surface area contributed by atoms with Gasteiger partial charge in [-0.15, -0.1) is 0 Å². The molecule has 1 N–H and O–H groups in total. The van der Waals surface area contributed by atoms with E-state index in [4.69, 9.17) is 11.6 Å². The van der Waals surface area contributed by atoms with Gasteiger partial charge in [-0.3, -0.25) is 15.1 Å². The molecular formula is C15H16ClN3O2. The van der Waals surface area contributed by atoms with Crippen molar-refractivity contribution in [3.63, 3.8) is 0 Å². The third kappa shape index (κ3) is 3.92. The lowest BCUT2D eigenvalue weighted by Crippen LogP contribution is -2.11. The largest absolute Gasteiger partial charge is 0.376 e. The lowest BCUT2D eigenvalue weighted by atomic mass is 10.0. The first-order valence-corrected chi connectivity index (χ1v) is 7.10. The van der Waals surface area contributed by atoms with Crippen LogP contribution in [0.1, 0.15) is 31.4 Å². The molecule has 0 radical (unpaired) electrons. The SMILES string of the molecule is CCCC(Nc1cnccc1Cl)c1cccc([N+](=O)[O-])c1. The second-order valence-corrected chi connectivity index (χ2v) is 5.10. The Morgan fingerprint density at radius 2 is 2.24 bits per heavy atom. The first kappa shape index (κ1) is 15.3. The highest BCUT2D eigenvalue weighted by Gasteiger charge is 2.15. The Balaban J connectivity index is 2.28. The second-order valence-electron chi connectivity index (χ2n) is 4.69. The molecule has 2 aromatic rings. The summed E-state index contributed by atoms with van der Waals surface area (Å²) in [5, 5.41) is 14.8. The van der Waals surface area contributed by atoms with Gasteiger partial charge in [0.05, 0.1) is 27.9 Å². The molecule has 1 aromatic heterocycles. The zero-order chi connectivity index (χ0) is 15.2. The molecule has 0 bridgehead atoms. The third-order valence-corrected chi connectivity index (χ3v) is 3.49. The van der Waals surface area contributed by atoms with E-state index in [1.807, 2.05) is 6.07 Å². The van der Waals surface area contributed by atoms with Gasteiger partial charge in [-0.25, -0.2) is 0 Å². The van der Waals surface area contributed by atoms with Gasteiger partial charge < -0.3 is 5.32 Å². The Labute approximate surface area is 128 Å². The number of rotatable bonds is 6. The standard InChI is InChI=1S/C15H16ClN3O2/c1-2-4-14(18-15-10-17-8-7-13(15)16)11-5-3-6-12(9-11)19(20)21/h3,5-10,14,18H,2,4H2,1H3. The van der Waals surface area contributed by atoms with Crippen molar-refractivity contribution in [2.24, 2.45) is 0 Å². The highest BCUT2D eigenvalue weighted by atomic mass is 35.5. The number of non-ortho nitro benzene ring substituents is 1. The second kappa shape index (κ2) is 7.04. The van der Waals surface area contributed by atoms with Crippen LogP contribution >= 0.6 is 11.6 Å². The van der Waals surface area contributed by atoms with E-state index in [1.165, 1.54) is 6.07 Å². The van der Waals surface area contributed by atoms with Crippen LogP contribution in [0, 0.1) is 10.1 Å². The van der Waals surface area contributed by atoms with Gasteiger partial charge in [-0.1, -0.05) is 37.1 Å². The van der Waals surface area contributed by atoms with Crippen LogP contribution in [0.15, 0.2) is 42.7 Å². The number of nitrogens with one attached hydrogen (secondary N) is 1. The Morgan fingerprint density at radius 3 is 2.90 bits per heavy atom. The lowest BCUT2D eigenvalue weighted by molar-refractivity contribution is -0.384. The highest BCUT2D eigenvalue weighted by Crippen LogP contribution is 2.29. The molecule has 1 heterocycles. The summed E-state index contributed by atoms with van der Waals surface area (Å²) in [6, 6.07) is 8.32. The zero-order valence-corrected chi connectivity index (χ0v) is 12.4. The molecule has 0 aliphatic heterocycles. The maximum Gasteiger partial charge on any atom is 0.269 e. The van der Waals surface area contributed by atoms with E-state index in [0.29, 0.717) is 5.02 Å². The molecule has 0 spiro atoms. The van der Waals surface area contributed by atoms with E-state index >= 15 is 0 Å². The summed E-state index contributed by atoms with van der Waals surface area (Å²) in [7, 11) is 0. The van der Waals surface area contributed by atoms with Crippen LogP contribution in [0.2, 0.25) is 5.02 Å². The van der Waals surface area contributed by atoms with Gasteiger partial charge in [-0.2, -0.15) is 0 Å². The van der Waals surface area contributed by atoms with E-state index in [-0.39, 0.29) is 16.7 Å². The quantitative estimate of drug-likeness (QED) is 0.625. The smallest absolute Gasteiger partial charge is 0.269 e. The van der Waals surface area contributed by atoms with Crippen LogP contribution in [0.3, 0.4) is 0 Å². The van der Waals surface area contributed by atoms with Crippen LogP contribution < -0.4 is 5.32 Å². The average Bonchev–Trinajstić information content (AvgIpc) is 2.49. The number of pyridine rings is 1.